The van der Waals surface area contributed by atoms with Crippen molar-refractivity contribution in [2.45, 2.75) is 43.3 Å². The van der Waals surface area contributed by atoms with Crippen LogP contribution in [-0.2, 0) is 27.7 Å². The quantitative estimate of drug-likeness (QED) is 0.0717. The topological polar surface area (TPSA) is 63.6 Å². The van der Waals surface area contributed by atoms with Gasteiger partial charge in [0.2, 0.25) is 0 Å². The van der Waals surface area contributed by atoms with Crippen molar-refractivity contribution in [2.24, 2.45) is 0 Å². The number of unbranched alkanes of at least 4 members (excludes halogenated alkanes) is 1. The van der Waals surface area contributed by atoms with Crippen LogP contribution in [0.25, 0.3) is 0 Å². The van der Waals surface area contributed by atoms with E-state index in [0.29, 0.717) is 13.0 Å². The molecule has 0 saturated heterocycles. The third kappa shape index (κ3) is 6.65. The van der Waals surface area contributed by atoms with Crippen molar-refractivity contribution in [1.29, 1.82) is 0 Å². The van der Waals surface area contributed by atoms with E-state index in [4.69, 9.17) is 4.74 Å². The third-order valence-electron chi connectivity index (χ3n) is 9.70. The molecule has 0 aliphatic heterocycles. The van der Waals surface area contributed by atoms with Crippen molar-refractivity contribution in [3.63, 3.8) is 0 Å². The van der Waals surface area contributed by atoms with Crippen LogP contribution in [0, 0.1) is 6.92 Å². The number of aryl methyl sites for hydroxylation is 2. The summed E-state index contributed by atoms with van der Waals surface area (Å²) in [6, 6.07) is 57.4. The summed E-state index contributed by atoms with van der Waals surface area (Å²) in [7, 11) is -4.53. The Bertz CT molecular complexity index is 1960. The maximum absolute atomic E-state index is 12.9. The second-order valence-corrected chi connectivity index (χ2v) is 19.0. The first-order chi connectivity index (χ1) is 23.8. The van der Waals surface area contributed by atoms with E-state index >= 15 is 0 Å². The Morgan fingerprint density at radius 2 is 1.04 bits per heavy atom. The molecule has 0 aromatic heterocycles. The zero-order chi connectivity index (χ0) is 34.2. The number of rotatable bonds is 14. The Hall–Kier alpha value is -4.38. The molecule has 6 heteroatoms. The van der Waals surface area contributed by atoms with E-state index in [9.17, 15) is 13.0 Å². The molecule has 0 bridgehead atoms. The molecule has 49 heavy (non-hydrogen) atoms. The maximum atomic E-state index is 12.9. The van der Waals surface area contributed by atoms with Gasteiger partial charge in [-0.2, -0.15) is 0 Å². The molecular weight excluding hydrogens is 644 g/mol. The van der Waals surface area contributed by atoms with Gasteiger partial charge >= 0.3 is 292 Å². The number of hydrogen-bond acceptors (Lipinski definition) is 3. The Morgan fingerprint density at radius 3 is 1.51 bits per heavy atom. The summed E-state index contributed by atoms with van der Waals surface area (Å²) in [4.78, 5) is -0.133. The number of benzene rings is 6. The first-order valence-corrected chi connectivity index (χ1v) is 20.5. The van der Waals surface area contributed by atoms with Crippen LogP contribution in [0.15, 0.2) is 175 Å². The molecule has 1 N–H and O–H groups in total. The molecule has 6 aromatic carbocycles. The summed E-state index contributed by atoms with van der Waals surface area (Å²) in [6.07, 6.45) is 3.36. The molecule has 0 radical (unpaired) electrons. The second kappa shape index (κ2) is 15.0. The van der Waals surface area contributed by atoms with Crippen molar-refractivity contribution in [2.75, 3.05) is 6.61 Å². The number of hydrogen-bond donors (Lipinski definition) is 1. The molecule has 0 fully saturated rings. The zero-order valence-electron chi connectivity index (χ0n) is 27.8. The Kier molecular flexibility index (Phi) is 10.6. The first-order valence-electron chi connectivity index (χ1n) is 16.8. The molecular formula is C43H43O4PS. The SMILES string of the molecule is Cc1ccc(S(=O)(=O)O)cc1P(c1ccccc1)(c1ccccc1)(c1ccccc1)C(Cc1ccccc1)OCCCCc1ccccc1. The van der Waals surface area contributed by atoms with E-state index in [1.165, 1.54) is 11.6 Å². The molecule has 0 heterocycles. The Labute approximate surface area is 291 Å². The van der Waals surface area contributed by atoms with Crippen molar-refractivity contribution in [1.82, 2.24) is 0 Å². The van der Waals surface area contributed by atoms with Crippen LogP contribution in [0.2, 0.25) is 0 Å². The molecule has 4 nitrogen and oxygen atoms in total. The van der Waals surface area contributed by atoms with Gasteiger partial charge in [-0.15, -0.1) is 0 Å². The summed E-state index contributed by atoms with van der Waals surface area (Å²) < 4.78 is 43.7. The fourth-order valence-corrected chi connectivity index (χ4v) is 15.7. The molecule has 1 atom stereocenters. The van der Waals surface area contributed by atoms with Gasteiger partial charge in [-0.3, -0.25) is 0 Å². The molecule has 6 aromatic rings. The van der Waals surface area contributed by atoms with Gasteiger partial charge < -0.3 is 0 Å². The Morgan fingerprint density at radius 1 is 0.592 bits per heavy atom. The Balaban J connectivity index is 1.69. The zero-order valence-corrected chi connectivity index (χ0v) is 29.5. The average molecular weight is 687 g/mol. The summed E-state index contributed by atoms with van der Waals surface area (Å²) >= 11 is 0. The fourth-order valence-electron chi connectivity index (χ4n) is 7.48. The molecule has 6 rings (SSSR count). The predicted molar refractivity (Wildman–Crippen MR) is 205 cm³/mol. The van der Waals surface area contributed by atoms with E-state index in [0.717, 1.165) is 51.6 Å². The summed E-state index contributed by atoms with van der Waals surface area (Å²) in [5, 5.41) is 4.04. The third-order valence-corrected chi connectivity index (χ3v) is 17.6. The summed E-state index contributed by atoms with van der Waals surface area (Å²) in [5.74, 6) is -0.437. The van der Waals surface area contributed by atoms with Gasteiger partial charge in [-0.1, -0.05) is 0 Å². The molecule has 0 aliphatic carbocycles. The second-order valence-electron chi connectivity index (χ2n) is 12.6. The predicted octanol–water partition coefficient (Wildman–Crippen LogP) is 8.01. The number of ether oxygens (including phenoxy) is 1. The van der Waals surface area contributed by atoms with Gasteiger partial charge in [0.25, 0.3) is 0 Å². The van der Waals surface area contributed by atoms with E-state index in [1.54, 1.807) is 6.07 Å². The van der Waals surface area contributed by atoms with Crippen LogP contribution in [-0.4, -0.2) is 25.4 Å². The van der Waals surface area contributed by atoms with Crippen LogP contribution in [0.5, 0.6) is 0 Å². The van der Waals surface area contributed by atoms with Crippen molar-refractivity contribution in [3.8, 4) is 0 Å². The monoisotopic (exact) mass is 686 g/mol. The van der Waals surface area contributed by atoms with Crippen LogP contribution < -0.4 is 21.2 Å². The van der Waals surface area contributed by atoms with Crippen molar-refractivity contribution < 1.29 is 17.7 Å². The van der Waals surface area contributed by atoms with Gasteiger partial charge in [0.15, 0.2) is 0 Å². The molecule has 1 unspecified atom stereocenters. The van der Waals surface area contributed by atoms with Gasteiger partial charge in [0.05, 0.1) is 0 Å². The van der Waals surface area contributed by atoms with E-state index < -0.39 is 22.6 Å². The summed E-state index contributed by atoms with van der Waals surface area (Å²) in [6.45, 7) is -1.53. The minimum atomic E-state index is -4.53. The fraction of sp³-hybridized carbons (Fsp3) is 0.163. The van der Waals surface area contributed by atoms with Crippen molar-refractivity contribution in [3.05, 3.63) is 187 Å². The summed E-state index contributed by atoms with van der Waals surface area (Å²) in [5.41, 5.74) is 3.35. The van der Waals surface area contributed by atoms with Gasteiger partial charge in [-0.25, -0.2) is 0 Å². The molecule has 250 valence electrons. The first kappa shape index (κ1) is 34.5. The van der Waals surface area contributed by atoms with Crippen LogP contribution >= 0.6 is 6.60 Å². The molecule has 0 aliphatic rings. The minimum absolute atomic E-state index is 0.133. The van der Waals surface area contributed by atoms with Gasteiger partial charge in [-0.05, 0) is 0 Å². The molecule has 0 spiro atoms. The standard InChI is InChI=1S/C43H43O4PS/c1-35-30-31-41(49(44,45)46)34-42(35)48(38-24-11-4-12-25-38,39-26-13-5-14-27-39,40-28-15-6-16-29-40)43(33-37-22-9-3-10-23-37)47-32-18-17-21-36-19-7-2-8-20-36/h2-16,19-20,22-31,34,43H,17-18,21,32-33H2,1H3,(H,44,45,46). The van der Waals surface area contributed by atoms with Gasteiger partial charge in [0.1, 0.15) is 0 Å². The molecule has 0 saturated carbocycles. The molecule has 0 amide bonds. The van der Waals surface area contributed by atoms with Crippen LogP contribution in [0.1, 0.15) is 29.5 Å². The van der Waals surface area contributed by atoms with Gasteiger partial charge in [0, 0.05) is 0 Å². The van der Waals surface area contributed by atoms with E-state index in [2.05, 4.69) is 121 Å². The van der Waals surface area contributed by atoms with E-state index in [-0.39, 0.29) is 4.90 Å². The van der Waals surface area contributed by atoms with Crippen molar-refractivity contribution >= 4 is 37.9 Å². The average Bonchev–Trinajstić information content (AvgIpc) is 3.14. The van der Waals surface area contributed by atoms with E-state index in [1.807, 2.05) is 43.3 Å². The normalized spacial score (nSPS) is 13.3. The van der Waals surface area contributed by atoms with Crippen LogP contribution in [0.3, 0.4) is 0 Å². The van der Waals surface area contributed by atoms with Crippen LogP contribution in [0.4, 0.5) is 0 Å².